The Morgan fingerprint density at radius 3 is 2.58 bits per heavy atom. The molecule has 0 spiro atoms. The number of sulfonamides is 1. The van der Waals surface area contributed by atoms with Crippen LogP contribution in [0.1, 0.15) is 15.9 Å². The normalized spacial score (nSPS) is 11.5. The van der Waals surface area contributed by atoms with E-state index < -0.39 is 21.7 Å². The molecule has 6 rings (SSSR count). The van der Waals surface area contributed by atoms with Crippen LogP contribution in [0.5, 0.6) is 5.75 Å². The second-order valence-electron chi connectivity index (χ2n) is 10.2. The van der Waals surface area contributed by atoms with Crippen molar-refractivity contribution in [2.75, 3.05) is 31.8 Å². The molecule has 11 nitrogen and oxygen atoms in total. The smallest absolute Gasteiger partial charge is 0.255 e. The Hall–Kier alpha value is -5.74. The lowest BCUT2D eigenvalue weighted by atomic mass is 10.0. The molecule has 3 aromatic carbocycles. The first kappa shape index (κ1) is 29.3. The monoisotopic (exact) mass is 624 g/mol. The van der Waals surface area contributed by atoms with Crippen LogP contribution in [0.15, 0.2) is 71.3 Å². The molecule has 6 aromatic rings. The number of nitriles is 1. The van der Waals surface area contributed by atoms with Crippen LogP contribution >= 0.6 is 0 Å². The molecule has 1 amide bonds. The number of rotatable bonds is 7. The van der Waals surface area contributed by atoms with E-state index in [0.717, 1.165) is 15.9 Å². The van der Waals surface area contributed by atoms with Crippen molar-refractivity contribution in [3.05, 3.63) is 83.8 Å². The van der Waals surface area contributed by atoms with Gasteiger partial charge in [-0.3, -0.25) is 9.10 Å². The van der Waals surface area contributed by atoms with Gasteiger partial charge in [-0.2, -0.15) is 5.26 Å². The maximum Gasteiger partial charge on any atom is 0.255 e. The lowest BCUT2D eigenvalue weighted by Crippen LogP contribution is -2.25. The Labute approximate surface area is 257 Å². The van der Waals surface area contributed by atoms with Crippen LogP contribution in [0.4, 0.5) is 10.1 Å². The van der Waals surface area contributed by atoms with E-state index in [-0.39, 0.29) is 34.0 Å². The van der Waals surface area contributed by atoms with Crippen molar-refractivity contribution in [2.45, 2.75) is 0 Å². The molecule has 13 heteroatoms. The van der Waals surface area contributed by atoms with Crippen molar-refractivity contribution in [3.63, 3.8) is 0 Å². The maximum atomic E-state index is 13.7. The number of amides is 1. The van der Waals surface area contributed by atoms with Crippen molar-refractivity contribution in [1.82, 2.24) is 20.3 Å². The van der Waals surface area contributed by atoms with Crippen LogP contribution in [-0.4, -0.2) is 56.7 Å². The molecular weight excluding hydrogens is 599 g/mol. The molecule has 0 aliphatic heterocycles. The summed E-state index contributed by atoms with van der Waals surface area (Å²) in [5.41, 5.74) is 3.28. The van der Waals surface area contributed by atoms with Gasteiger partial charge in [0.2, 0.25) is 10.0 Å². The summed E-state index contributed by atoms with van der Waals surface area (Å²) in [6.45, 7) is 0. The number of anilines is 1. The van der Waals surface area contributed by atoms with Crippen LogP contribution in [0.2, 0.25) is 0 Å². The molecule has 2 N–H and O–H groups in total. The summed E-state index contributed by atoms with van der Waals surface area (Å²) in [5, 5.41) is 13.3. The van der Waals surface area contributed by atoms with Gasteiger partial charge in [-0.05, 0) is 42.5 Å². The number of aromatic amines is 1. The predicted molar refractivity (Wildman–Crippen MR) is 168 cm³/mol. The first-order chi connectivity index (χ1) is 21.5. The third kappa shape index (κ3) is 5.11. The van der Waals surface area contributed by atoms with Gasteiger partial charge in [0.05, 0.1) is 47.6 Å². The zero-order valence-electron chi connectivity index (χ0n) is 24.5. The fourth-order valence-electron chi connectivity index (χ4n) is 5.13. The van der Waals surface area contributed by atoms with E-state index >= 15 is 0 Å². The summed E-state index contributed by atoms with van der Waals surface area (Å²) in [6, 6.07) is 17.9. The second kappa shape index (κ2) is 11.1. The molecule has 0 saturated heterocycles. The number of benzene rings is 3. The van der Waals surface area contributed by atoms with Crippen molar-refractivity contribution >= 4 is 43.5 Å². The summed E-state index contributed by atoms with van der Waals surface area (Å²) in [6.07, 6.45) is 2.52. The van der Waals surface area contributed by atoms with E-state index in [1.54, 1.807) is 18.2 Å². The Kier molecular flexibility index (Phi) is 7.22. The Balaban J connectivity index is 1.64. The van der Waals surface area contributed by atoms with Crippen LogP contribution < -0.4 is 14.4 Å². The molecule has 0 radical (unpaired) electrons. The number of hydrogen-bond acceptors (Lipinski definition) is 8. The number of para-hydroxylation sites is 1. The minimum Gasteiger partial charge on any atom is -0.493 e. The van der Waals surface area contributed by atoms with Gasteiger partial charge in [-0.15, -0.1) is 0 Å². The number of furan rings is 1. The number of methoxy groups -OCH3 is 1. The summed E-state index contributed by atoms with van der Waals surface area (Å²) in [7, 11) is 0.543. The lowest BCUT2D eigenvalue weighted by Gasteiger charge is -2.20. The highest BCUT2D eigenvalue weighted by atomic mass is 32.2. The first-order valence-corrected chi connectivity index (χ1v) is 15.3. The SMILES string of the molecule is CNC(=O)c1c(-c2ccc(F)cc2)oc2cc(N(C)S(C)(=O)=O)c(-c3ncc(OC)c(-c4cc5cccc(C#N)c5[nH]4)n3)cc12. The molecule has 0 saturated carbocycles. The molecular formula is C32H25FN6O5S. The highest BCUT2D eigenvalue weighted by Crippen LogP contribution is 2.41. The molecule has 3 aromatic heterocycles. The fraction of sp³-hybridized carbons (Fsp3) is 0.125. The zero-order valence-corrected chi connectivity index (χ0v) is 25.3. The standard InChI is InChI=1S/C32H25FN6O5S/c1-35-32(40)27-22-13-21(24(39(2)45(4,41)42)14-25(22)44-30(27)17-8-10-20(33)11-9-17)31-36-16-26(43-3)29(38-31)23-12-18-6-5-7-19(15-34)28(18)37-23/h5-14,16,37H,1-4H3,(H,35,40). The quantitative estimate of drug-likeness (QED) is 0.237. The number of aromatic nitrogens is 3. The minimum absolute atomic E-state index is 0.129. The largest absolute Gasteiger partial charge is 0.493 e. The van der Waals surface area contributed by atoms with Crippen LogP contribution in [0.3, 0.4) is 0 Å². The summed E-state index contributed by atoms with van der Waals surface area (Å²) in [5.74, 6) is -0.286. The predicted octanol–water partition coefficient (Wildman–Crippen LogP) is 5.48. The lowest BCUT2D eigenvalue weighted by molar-refractivity contribution is 0.0964. The number of hydrogen-bond donors (Lipinski definition) is 2. The highest BCUT2D eigenvalue weighted by molar-refractivity contribution is 7.92. The summed E-state index contributed by atoms with van der Waals surface area (Å²) in [4.78, 5) is 25.7. The molecule has 3 heterocycles. The van der Waals surface area contributed by atoms with Crippen molar-refractivity contribution in [3.8, 4) is 45.9 Å². The number of carbonyl (C=O) groups is 1. The van der Waals surface area contributed by atoms with Crippen molar-refractivity contribution in [2.24, 2.45) is 0 Å². The van der Waals surface area contributed by atoms with E-state index in [2.05, 4.69) is 21.4 Å². The van der Waals surface area contributed by atoms with Gasteiger partial charge in [-0.1, -0.05) is 12.1 Å². The van der Waals surface area contributed by atoms with E-state index in [1.807, 2.05) is 12.1 Å². The van der Waals surface area contributed by atoms with Crippen LogP contribution in [0, 0.1) is 17.1 Å². The van der Waals surface area contributed by atoms with E-state index in [4.69, 9.17) is 14.1 Å². The highest BCUT2D eigenvalue weighted by Gasteiger charge is 2.27. The second-order valence-corrected chi connectivity index (χ2v) is 12.2. The average molecular weight is 625 g/mol. The maximum absolute atomic E-state index is 13.7. The van der Waals surface area contributed by atoms with Crippen molar-refractivity contribution < 1.29 is 26.8 Å². The molecule has 0 fully saturated rings. The van der Waals surface area contributed by atoms with Crippen molar-refractivity contribution in [1.29, 1.82) is 5.26 Å². The van der Waals surface area contributed by atoms with Gasteiger partial charge in [-0.25, -0.2) is 22.8 Å². The van der Waals surface area contributed by atoms with Gasteiger partial charge in [0.15, 0.2) is 11.6 Å². The topological polar surface area (TPSA) is 154 Å². The minimum atomic E-state index is -3.78. The number of nitrogens with one attached hydrogen (secondary N) is 2. The summed E-state index contributed by atoms with van der Waals surface area (Å²) >= 11 is 0. The third-order valence-corrected chi connectivity index (χ3v) is 8.64. The zero-order chi connectivity index (χ0) is 32.0. The van der Waals surface area contributed by atoms with E-state index in [1.165, 1.54) is 57.7 Å². The number of nitrogens with zero attached hydrogens (tertiary/aromatic N) is 4. The number of halogens is 1. The molecule has 0 aliphatic carbocycles. The van der Waals surface area contributed by atoms with Gasteiger partial charge in [0.25, 0.3) is 5.91 Å². The first-order valence-electron chi connectivity index (χ1n) is 13.5. The van der Waals surface area contributed by atoms with Gasteiger partial charge >= 0.3 is 0 Å². The Morgan fingerprint density at radius 2 is 1.91 bits per heavy atom. The molecule has 0 bridgehead atoms. The third-order valence-electron chi connectivity index (χ3n) is 7.45. The van der Waals surface area contributed by atoms with Crippen LogP contribution in [0.25, 0.3) is 56.0 Å². The number of carbonyl (C=O) groups excluding carboxylic acids is 1. The number of fused-ring (bicyclic) bond motifs is 2. The van der Waals surface area contributed by atoms with Crippen LogP contribution in [-0.2, 0) is 10.0 Å². The summed E-state index contributed by atoms with van der Waals surface area (Å²) < 4.78 is 52.0. The van der Waals surface area contributed by atoms with E-state index in [9.17, 15) is 22.9 Å². The van der Waals surface area contributed by atoms with Gasteiger partial charge in [0.1, 0.15) is 28.9 Å². The number of ether oxygens (including phenoxy) is 1. The Bertz CT molecular complexity index is 2290. The molecule has 0 atom stereocenters. The molecule has 45 heavy (non-hydrogen) atoms. The number of H-pyrrole nitrogens is 1. The molecule has 0 unspecified atom stereocenters. The molecule has 226 valence electrons. The average Bonchev–Trinajstić information content (AvgIpc) is 3.64. The van der Waals surface area contributed by atoms with Gasteiger partial charge < -0.3 is 19.5 Å². The fourth-order valence-corrected chi connectivity index (χ4v) is 5.63. The van der Waals surface area contributed by atoms with E-state index in [0.29, 0.717) is 39.2 Å². The van der Waals surface area contributed by atoms with Gasteiger partial charge in [0, 0.05) is 42.1 Å². The molecule has 0 aliphatic rings. The Morgan fingerprint density at radius 1 is 1.16 bits per heavy atom.